The number of carbonyl (C=O) groups is 2. The van der Waals surface area contributed by atoms with Gasteiger partial charge in [0.05, 0.1) is 41.6 Å². The van der Waals surface area contributed by atoms with Gasteiger partial charge in [-0.3, -0.25) is 9.59 Å². The Balaban J connectivity index is 1.45. The van der Waals surface area contributed by atoms with E-state index in [0.717, 1.165) is 28.2 Å². The molecule has 0 unspecified atom stereocenters. The summed E-state index contributed by atoms with van der Waals surface area (Å²) in [5, 5.41) is 5.91. The molecule has 2 N–H and O–H groups in total. The number of nitrogens with one attached hydrogen (secondary N) is 2. The average molecular weight is 497 g/mol. The summed E-state index contributed by atoms with van der Waals surface area (Å²) in [6, 6.07) is 14.4. The Bertz CT molecular complexity index is 1650. The summed E-state index contributed by atoms with van der Waals surface area (Å²) in [6.07, 6.45) is 4.55. The van der Waals surface area contributed by atoms with Crippen LogP contribution in [0.5, 0.6) is 5.75 Å². The minimum atomic E-state index is -0.337. The predicted molar refractivity (Wildman–Crippen MR) is 142 cm³/mol. The third-order valence-corrected chi connectivity index (χ3v) is 6.34. The highest BCUT2D eigenvalue weighted by Gasteiger charge is 2.19. The number of aromatic nitrogens is 4. The molecule has 9 heteroatoms. The normalized spacial score (nSPS) is 11.1. The number of nitrogens with zero attached hydrogens (tertiary/aromatic N) is 4. The Kier molecular flexibility index (Phi) is 6.35. The van der Waals surface area contributed by atoms with Gasteiger partial charge in [-0.25, -0.2) is 9.97 Å². The minimum absolute atomic E-state index is 0.267. The SMILES string of the molecule is CCc1nc2cc(C(=O)NCc3cn4ccc(C)cc4n3)cc(NC(=O)c3ccccc3OC)c2n1C. The average Bonchev–Trinajstić information content (AvgIpc) is 3.46. The van der Waals surface area contributed by atoms with Crippen LogP contribution in [-0.2, 0) is 20.0 Å². The van der Waals surface area contributed by atoms with Crippen molar-refractivity contribution >= 4 is 34.2 Å². The molecule has 5 aromatic rings. The zero-order valence-corrected chi connectivity index (χ0v) is 21.2. The Morgan fingerprint density at radius 1 is 1.05 bits per heavy atom. The highest BCUT2D eigenvalue weighted by atomic mass is 16.5. The Hall–Kier alpha value is -4.66. The molecule has 2 aromatic carbocycles. The highest BCUT2D eigenvalue weighted by molar-refractivity contribution is 6.11. The first-order valence-corrected chi connectivity index (χ1v) is 12.0. The number of anilines is 1. The van der Waals surface area contributed by atoms with E-state index in [2.05, 4.69) is 15.6 Å². The van der Waals surface area contributed by atoms with Gasteiger partial charge in [-0.15, -0.1) is 0 Å². The molecule has 0 radical (unpaired) electrons. The lowest BCUT2D eigenvalue weighted by atomic mass is 10.1. The number of aryl methyl sites for hydroxylation is 3. The van der Waals surface area contributed by atoms with Crippen LogP contribution in [0.3, 0.4) is 0 Å². The van der Waals surface area contributed by atoms with Crippen molar-refractivity contribution in [3.8, 4) is 5.75 Å². The molecule has 188 valence electrons. The molecule has 0 fully saturated rings. The fraction of sp³-hybridized carbons (Fsp3) is 0.214. The van der Waals surface area contributed by atoms with Crippen molar-refractivity contribution in [3.63, 3.8) is 0 Å². The number of rotatable bonds is 7. The van der Waals surface area contributed by atoms with Gasteiger partial charge in [0.25, 0.3) is 11.8 Å². The van der Waals surface area contributed by atoms with Crippen LogP contribution in [0.15, 0.2) is 60.9 Å². The second-order valence-corrected chi connectivity index (χ2v) is 8.87. The summed E-state index contributed by atoms with van der Waals surface area (Å²) < 4.78 is 9.21. The summed E-state index contributed by atoms with van der Waals surface area (Å²) in [5.41, 5.74) is 5.35. The molecular weight excluding hydrogens is 468 g/mol. The predicted octanol–water partition coefficient (Wildman–Crippen LogP) is 4.28. The number of hydrogen-bond acceptors (Lipinski definition) is 5. The van der Waals surface area contributed by atoms with E-state index in [1.807, 2.05) is 54.4 Å². The molecule has 0 saturated carbocycles. The molecule has 3 aromatic heterocycles. The van der Waals surface area contributed by atoms with Crippen molar-refractivity contribution < 1.29 is 14.3 Å². The first kappa shape index (κ1) is 24.1. The molecule has 0 aliphatic heterocycles. The van der Waals surface area contributed by atoms with Gasteiger partial charge >= 0.3 is 0 Å². The molecule has 2 amide bonds. The summed E-state index contributed by atoms with van der Waals surface area (Å²) in [6.45, 7) is 4.29. The lowest BCUT2D eigenvalue weighted by Gasteiger charge is -2.13. The van der Waals surface area contributed by atoms with Crippen LogP contribution in [0, 0.1) is 6.92 Å². The van der Waals surface area contributed by atoms with Crippen LogP contribution in [0.25, 0.3) is 16.7 Å². The third-order valence-electron chi connectivity index (χ3n) is 6.34. The van der Waals surface area contributed by atoms with Crippen molar-refractivity contribution in [2.24, 2.45) is 7.05 Å². The zero-order chi connectivity index (χ0) is 26.1. The Morgan fingerprint density at radius 3 is 2.65 bits per heavy atom. The van der Waals surface area contributed by atoms with Crippen LogP contribution >= 0.6 is 0 Å². The minimum Gasteiger partial charge on any atom is -0.496 e. The monoisotopic (exact) mass is 496 g/mol. The maximum atomic E-state index is 13.2. The lowest BCUT2D eigenvalue weighted by Crippen LogP contribution is -2.23. The first-order chi connectivity index (χ1) is 17.9. The lowest BCUT2D eigenvalue weighted by molar-refractivity contribution is 0.0949. The number of benzene rings is 2. The number of hydrogen-bond donors (Lipinski definition) is 2. The maximum absolute atomic E-state index is 13.2. The molecule has 5 rings (SSSR count). The largest absolute Gasteiger partial charge is 0.496 e. The topological polar surface area (TPSA) is 103 Å². The van der Waals surface area contributed by atoms with E-state index in [1.165, 1.54) is 7.11 Å². The molecule has 9 nitrogen and oxygen atoms in total. The molecule has 0 atom stereocenters. The molecule has 0 saturated heterocycles. The van der Waals surface area contributed by atoms with Crippen LogP contribution in [0.2, 0.25) is 0 Å². The van der Waals surface area contributed by atoms with E-state index < -0.39 is 0 Å². The summed E-state index contributed by atoms with van der Waals surface area (Å²) in [5.74, 6) is 0.689. The molecule has 0 bridgehead atoms. The number of fused-ring (bicyclic) bond motifs is 2. The van der Waals surface area contributed by atoms with E-state index in [4.69, 9.17) is 9.72 Å². The van der Waals surface area contributed by atoms with Crippen molar-refractivity contribution in [1.29, 1.82) is 0 Å². The highest BCUT2D eigenvalue weighted by Crippen LogP contribution is 2.28. The number of pyridine rings is 1. The number of imidazole rings is 2. The fourth-order valence-corrected chi connectivity index (χ4v) is 4.46. The molecule has 37 heavy (non-hydrogen) atoms. The standard InChI is InChI=1S/C28H28N6O3/c1-5-24-31-21-13-18(27(35)29-15-19-16-34-11-10-17(2)12-25(34)30-19)14-22(26(21)33(24)3)32-28(36)20-8-6-7-9-23(20)37-4/h6-14,16H,5,15H2,1-4H3,(H,29,35)(H,32,36). The van der Waals surface area contributed by atoms with Gasteiger partial charge in [-0.2, -0.15) is 0 Å². The van der Waals surface area contributed by atoms with E-state index in [0.29, 0.717) is 34.5 Å². The number of methoxy groups -OCH3 is 1. The van der Waals surface area contributed by atoms with Crippen molar-refractivity contribution in [1.82, 2.24) is 24.3 Å². The molecule has 3 heterocycles. The molecule has 0 aliphatic rings. The summed E-state index contributed by atoms with van der Waals surface area (Å²) in [7, 11) is 3.42. The van der Waals surface area contributed by atoms with Gasteiger partial charge < -0.3 is 24.3 Å². The quantitative estimate of drug-likeness (QED) is 0.350. The number of amides is 2. The van der Waals surface area contributed by atoms with Crippen molar-refractivity contribution in [2.45, 2.75) is 26.8 Å². The van der Waals surface area contributed by atoms with E-state index >= 15 is 0 Å². The Labute approximate surface area is 214 Å². The van der Waals surface area contributed by atoms with Gasteiger partial charge in [-0.1, -0.05) is 19.1 Å². The van der Waals surface area contributed by atoms with E-state index in [-0.39, 0.29) is 18.4 Å². The number of para-hydroxylation sites is 1. The zero-order valence-electron chi connectivity index (χ0n) is 21.2. The van der Waals surface area contributed by atoms with Crippen LogP contribution in [0.4, 0.5) is 5.69 Å². The van der Waals surface area contributed by atoms with Gasteiger partial charge in [0.2, 0.25) is 0 Å². The second kappa shape index (κ2) is 9.77. The van der Waals surface area contributed by atoms with E-state index in [1.54, 1.807) is 36.4 Å². The summed E-state index contributed by atoms with van der Waals surface area (Å²) in [4.78, 5) is 35.7. The van der Waals surface area contributed by atoms with Gasteiger partial charge in [0.1, 0.15) is 17.2 Å². The van der Waals surface area contributed by atoms with Crippen molar-refractivity contribution in [3.05, 3.63) is 89.1 Å². The van der Waals surface area contributed by atoms with Crippen LogP contribution in [-0.4, -0.2) is 37.9 Å². The van der Waals surface area contributed by atoms with E-state index in [9.17, 15) is 9.59 Å². The van der Waals surface area contributed by atoms with Crippen LogP contribution < -0.4 is 15.4 Å². The number of carbonyl (C=O) groups excluding carboxylic acids is 2. The van der Waals surface area contributed by atoms with Crippen molar-refractivity contribution in [2.75, 3.05) is 12.4 Å². The Morgan fingerprint density at radius 2 is 1.86 bits per heavy atom. The van der Waals surface area contributed by atoms with Gasteiger partial charge in [0, 0.05) is 31.4 Å². The number of ether oxygens (including phenoxy) is 1. The first-order valence-electron chi connectivity index (χ1n) is 12.0. The molecular formula is C28H28N6O3. The molecule has 0 spiro atoms. The second-order valence-electron chi connectivity index (χ2n) is 8.87. The van der Waals surface area contributed by atoms with Gasteiger partial charge in [0.15, 0.2) is 0 Å². The van der Waals surface area contributed by atoms with Gasteiger partial charge in [-0.05, 0) is 48.9 Å². The van der Waals surface area contributed by atoms with Crippen LogP contribution in [0.1, 0.15) is 44.7 Å². The smallest absolute Gasteiger partial charge is 0.259 e. The fourth-order valence-electron chi connectivity index (χ4n) is 4.46. The maximum Gasteiger partial charge on any atom is 0.259 e. The molecule has 0 aliphatic carbocycles. The third kappa shape index (κ3) is 4.63. The summed E-state index contributed by atoms with van der Waals surface area (Å²) >= 11 is 0.